The molecule has 160 valence electrons. The van der Waals surface area contributed by atoms with Crippen LogP contribution < -0.4 is 0 Å². The Kier molecular flexibility index (Phi) is 6.87. The molecule has 0 aliphatic heterocycles. The number of nitrogens with zero attached hydrogens (tertiary/aromatic N) is 1. The molecule has 0 spiro atoms. The SMILES string of the molecule is CCOC(=O)C(/C=C/c1cc2ccccc2n1S(=O)(=O)c1ccccc1)=C(/C=O)CC. The summed E-state index contributed by atoms with van der Waals surface area (Å²) in [5, 5.41) is 0.731. The maximum absolute atomic E-state index is 13.4. The molecule has 0 aliphatic rings. The molecule has 0 fully saturated rings. The van der Waals surface area contributed by atoms with Gasteiger partial charge in [0.25, 0.3) is 10.0 Å². The van der Waals surface area contributed by atoms with Crippen molar-refractivity contribution >= 4 is 39.3 Å². The smallest absolute Gasteiger partial charge is 0.338 e. The summed E-state index contributed by atoms with van der Waals surface area (Å²) in [6.45, 7) is 3.60. The molecule has 3 rings (SSSR count). The van der Waals surface area contributed by atoms with Crippen LogP contribution in [0, 0.1) is 0 Å². The monoisotopic (exact) mass is 437 g/mol. The van der Waals surface area contributed by atoms with Gasteiger partial charge in [-0.2, -0.15) is 0 Å². The predicted molar refractivity (Wildman–Crippen MR) is 120 cm³/mol. The molecule has 3 aromatic rings. The molecule has 2 aromatic carbocycles. The first-order chi connectivity index (χ1) is 14.9. The van der Waals surface area contributed by atoms with Gasteiger partial charge in [-0.25, -0.2) is 17.2 Å². The first-order valence-corrected chi connectivity index (χ1v) is 11.3. The summed E-state index contributed by atoms with van der Waals surface area (Å²) in [4.78, 5) is 24.0. The average Bonchev–Trinajstić information content (AvgIpc) is 3.16. The van der Waals surface area contributed by atoms with E-state index in [0.717, 1.165) is 5.39 Å². The van der Waals surface area contributed by atoms with E-state index in [2.05, 4.69) is 0 Å². The minimum absolute atomic E-state index is 0.105. The summed E-state index contributed by atoms with van der Waals surface area (Å²) in [7, 11) is -3.90. The van der Waals surface area contributed by atoms with Crippen molar-refractivity contribution in [1.82, 2.24) is 3.97 Å². The lowest BCUT2D eigenvalue weighted by molar-refractivity contribution is -0.138. The van der Waals surface area contributed by atoms with Crippen LogP contribution in [0.2, 0.25) is 0 Å². The molecule has 0 atom stereocenters. The topological polar surface area (TPSA) is 82.4 Å². The van der Waals surface area contributed by atoms with Gasteiger partial charge in [0.1, 0.15) is 6.29 Å². The van der Waals surface area contributed by atoms with Gasteiger partial charge in [0.05, 0.1) is 28.3 Å². The maximum Gasteiger partial charge on any atom is 0.338 e. The molecule has 0 radical (unpaired) electrons. The zero-order valence-electron chi connectivity index (χ0n) is 17.3. The van der Waals surface area contributed by atoms with Gasteiger partial charge in [-0.3, -0.25) is 4.79 Å². The Hall–Kier alpha value is -3.45. The summed E-state index contributed by atoms with van der Waals surface area (Å²) in [6.07, 6.45) is 3.92. The van der Waals surface area contributed by atoms with Gasteiger partial charge in [-0.1, -0.05) is 43.3 Å². The van der Waals surface area contributed by atoms with E-state index in [9.17, 15) is 18.0 Å². The van der Waals surface area contributed by atoms with E-state index in [-0.39, 0.29) is 22.6 Å². The third-order valence-electron chi connectivity index (χ3n) is 4.76. The summed E-state index contributed by atoms with van der Waals surface area (Å²) < 4.78 is 33.2. The zero-order valence-corrected chi connectivity index (χ0v) is 18.1. The number of rotatable bonds is 8. The van der Waals surface area contributed by atoms with E-state index in [1.807, 2.05) is 12.1 Å². The Labute approximate surface area is 181 Å². The second kappa shape index (κ2) is 9.57. The number of aldehydes is 1. The van der Waals surface area contributed by atoms with E-state index in [4.69, 9.17) is 4.74 Å². The largest absolute Gasteiger partial charge is 0.462 e. The van der Waals surface area contributed by atoms with E-state index in [0.29, 0.717) is 23.9 Å². The van der Waals surface area contributed by atoms with Crippen molar-refractivity contribution in [2.45, 2.75) is 25.2 Å². The Morgan fingerprint density at radius 1 is 1.03 bits per heavy atom. The highest BCUT2D eigenvalue weighted by Crippen LogP contribution is 2.27. The Balaban J connectivity index is 2.22. The third-order valence-corrected chi connectivity index (χ3v) is 6.52. The van der Waals surface area contributed by atoms with Crippen LogP contribution in [0.4, 0.5) is 0 Å². The van der Waals surface area contributed by atoms with Crippen molar-refractivity contribution in [2.24, 2.45) is 0 Å². The Morgan fingerprint density at radius 2 is 1.71 bits per heavy atom. The number of carbonyl (C=O) groups is 2. The van der Waals surface area contributed by atoms with Crippen LogP contribution in [-0.4, -0.2) is 31.3 Å². The fourth-order valence-electron chi connectivity index (χ4n) is 3.25. The third kappa shape index (κ3) is 4.51. The van der Waals surface area contributed by atoms with Gasteiger partial charge in [0.2, 0.25) is 0 Å². The quantitative estimate of drug-likeness (QED) is 0.226. The molecule has 0 amide bonds. The number of aromatic nitrogens is 1. The highest BCUT2D eigenvalue weighted by Gasteiger charge is 2.22. The van der Waals surface area contributed by atoms with Crippen molar-refractivity contribution in [3.05, 3.63) is 83.6 Å². The van der Waals surface area contributed by atoms with Gasteiger partial charge in [0.15, 0.2) is 0 Å². The molecule has 0 saturated heterocycles. The molecule has 7 heteroatoms. The summed E-state index contributed by atoms with van der Waals surface area (Å²) in [6, 6.07) is 17.0. The van der Waals surface area contributed by atoms with E-state index in [1.165, 1.54) is 28.3 Å². The van der Waals surface area contributed by atoms with Gasteiger partial charge in [-0.15, -0.1) is 0 Å². The standard InChI is InChI=1S/C24H23NO5S/c1-3-18(17-26)22(24(27)30-4-2)15-14-20-16-19-10-8-9-13-23(19)25(20)31(28,29)21-11-6-5-7-12-21/h5-17H,3-4H2,1-2H3/b15-14+,22-18+. The van der Waals surface area contributed by atoms with Crippen LogP contribution in [0.5, 0.6) is 0 Å². The molecule has 0 bridgehead atoms. The van der Waals surface area contributed by atoms with Gasteiger partial charge in [-0.05, 0) is 49.8 Å². The van der Waals surface area contributed by atoms with Gasteiger partial charge in [0, 0.05) is 11.0 Å². The highest BCUT2D eigenvalue weighted by atomic mass is 32.2. The summed E-state index contributed by atoms with van der Waals surface area (Å²) in [5.41, 5.74) is 1.25. The lowest BCUT2D eigenvalue weighted by Crippen LogP contribution is -2.14. The lowest BCUT2D eigenvalue weighted by Gasteiger charge is -2.11. The normalized spacial score (nSPS) is 12.7. The second-order valence-corrected chi connectivity index (χ2v) is 8.46. The first kappa shape index (κ1) is 22.2. The maximum atomic E-state index is 13.4. The predicted octanol–water partition coefficient (Wildman–Crippen LogP) is 4.36. The summed E-state index contributed by atoms with van der Waals surface area (Å²) in [5.74, 6) is -0.628. The minimum Gasteiger partial charge on any atom is -0.462 e. The molecule has 0 unspecified atom stereocenters. The van der Waals surface area contributed by atoms with Crippen LogP contribution >= 0.6 is 0 Å². The number of ether oxygens (including phenoxy) is 1. The zero-order chi connectivity index (χ0) is 22.4. The van der Waals surface area contributed by atoms with Crippen molar-refractivity contribution in [3.8, 4) is 0 Å². The molecular weight excluding hydrogens is 414 g/mol. The molecule has 6 nitrogen and oxygen atoms in total. The van der Waals surface area contributed by atoms with Crippen LogP contribution in [0.1, 0.15) is 26.0 Å². The fourth-order valence-corrected chi connectivity index (χ4v) is 4.78. The van der Waals surface area contributed by atoms with Gasteiger partial charge < -0.3 is 4.74 Å². The van der Waals surface area contributed by atoms with Crippen molar-refractivity contribution in [3.63, 3.8) is 0 Å². The molecule has 0 saturated carbocycles. The molecule has 31 heavy (non-hydrogen) atoms. The number of para-hydroxylation sites is 1. The van der Waals surface area contributed by atoms with Crippen molar-refractivity contribution < 1.29 is 22.7 Å². The van der Waals surface area contributed by atoms with Crippen LogP contribution in [0.3, 0.4) is 0 Å². The molecule has 1 aromatic heterocycles. The lowest BCUT2D eigenvalue weighted by atomic mass is 10.1. The minimum atomic E-state index is -3.90. The Bertz CT molecular complexity index is 1270. The summed E-state index contributed by atoms with van der Waals surface area (Å²) >= 11 is 0. The van der Waals surface area contributed by atoms with E-state index < -0.39 is 16.0 Å². The number of fused-ring (bicyclic) bond motifs is 1. The van der Waals surface area contributed by atoms with Crippen LogP contribution in [0.25, 0.3) is 17.0 Å². The van der Waals surface area contributed by atoms with E-state index >= 15 is 0 Å². The van der Waals surface area contributed by atoms with E-state index in [1.54, 1.807) is 50.2 Å². The number of carbonyl (C=O) groups excluding carboxylic acids is 2. The average molecular weight is 438 g/mol. The first-order valence-electron chi connectivity index (χ1n) is 9.88. The van der Waals surface area contributed by atoms with Crippen molar-refractivity contribution in [2.75, 3.05) is 6.61 Å². The Morgan fingerprint density at radius 3 is 2.35 bits per heavy atom. The molecule has 1 heterocycles. The number of benzene rings is 2. The van der Waals surface area contributed by atoms with Crippen LogP contribution in [-0.2, 0) is 24.3 Å². The number of esters is 1. The fraction of sp³-hybridized carbons (Fsp3) is 0.167. The number of allylic oxidation sites excluding steroid dienone is 1. The van der Waals surface area contributed by atoms with Gasteiger partial charge >= 0.3 is 5.97 Å². The van der Waals surface area contributed by atoms with Crippen LogP contribution in [0.15, 0.2) is 82.8 Å². The highest BCUT2D eigenvalue weighted by molar-refractivity contribution is 7.90. The second-order valence-electron chi connectivity index (χ2n) is 6.67. The molecular formula is C24H23NO5S. The number of hydrogen-bond donors (Lipinski definition) is 0. The van der Waals surface area contributed by atoms with Crippen molar-refractivity contribution in [1.29, 1.82) is 0 Å². The molecule has 0 aliphatic carbocycles. The number of hydrogen-bond acceptors (Lipinski definition) is 5. The molecule has 0 N–H and O–H groups in total.